The zero-order valence-corrected chi connectivity index (χ0v) is 32.4. The molecule has 0 N–H and O–H groups in total. The van der Waals surface area contributed by atoms with Crippen molar-refractivity contribution in [2.24, 2.45) is 0 Å². The molecule has 0 aliphatic rings. The number of fused-ring (bicyclic) bond motifs is 3. The second-order valence-electron chi connectivity index (χ2n) is 14.5. The Kier molecular flexibility index (Phi) is 8.90. The summed E-state index contributed by atoms with van der Waals surface area (Å²) in [5.41, 5.74) is 9.84. The van der Waals surface area contributed by atoms with Gasteiger partial charge >= 0.3 is 0 Å². The van der Waals surface area contributed by atoms with E-state index in [1.54, 1.807) is 0 Å². The van der Waals surface area contributed by atoms with E-state index in [1.807, 2.05) is 12.1 Å². The number of para-hydroxylation sites is 1. The van der Waals surface area contributed by atoms with Crippen LogP contribution in [0.25, 0.3) is 44.2 Å². The highest BCUT2D eigenvalue weighted by Crippen LogP contribution is 2.39. The van der Waals surface area contributed by atoms with Gasteiger partial charge in [-0.2, -0.15) is 0 Å². The van der Waals surface area contributed by atoms with Gasteiger partial charge in [0.1, 0.15) is 11.2 Å². The molecular formula is C54H39NOSi. The molecule has 0 saturated heterocycles. The third kappa shape index (κ3) is 6.25. The number of nitrogens with zero attached hydrogens (tertiary/aromatic N) is 1. The van der Waals surface area contributed by atoms with E-state index < -0.39 is 8.07 Å². The SMILES string of the molecule is c1ccc(-c2ccc(N(c3ccc([Si](c4ccccc4)(c4ccccc4)c4ccc(-c5ccccc5)cc4)cc3)c3ccc4oc5ccccc5c4c3)cc2)cc1. The van der Waals surface area contributed by atoms with Gasteiger partial charge in [0.25, 0.3) is 0 Å². The molecule has 57 heavy (non-hydrogen) atoms. The Morgan fingerprint density at radius 2 is 0.649 bits per heavy atom. The molecule has 270 valence electrons. The zero-order chi connectivity index (χ0) is 38.0. The van der Waals surface area contributed by atoms with Gasteiger partial charge in [-0.15, -0.1) is 0 Å². The zero-order valence-electron chi connectivity index (χ0n) is 31.4. The van der Waals surface area contributed by atoms with Crippen LogP contribution in [-0.2, 0) is 0 Å². The van der Waals surface area contributed by atoms with Crippen LogP contribution in [0.3, 0.4) is 0 Å². The van der Waals surface area contributed by atoms with Crippen LogP contribution in [0.5, 0.6) is 0 Å². The van der Waals surface area contributed by atoms with Crippen LogP contribution in [0.1, 0.15) is 0 Å². The predicted molar refractivity (Wildman–Crippen MR) is 243 cm³/mol. The molecule has 3 heteroatoms. The largest absolute Gasteiger partial charge is 0.456 e. The molecule has 0 amide bonds. The number of benzene rings is 9. The van der Waals surface area contributed by atoms with E-state index in [9.17, 15) is 0 Å². The van der Waals surface area contributed by atoms with Gasteiger partial charge in [0, 0.05) is 27.8 Å². The average molecular weight is 746 g/mol. The summed E-state index contributed by atoms with van der Waals surface area (Å²) in [6.45, 7) is 0. The summed E-state index contributed by atoms with van der Waals surface area (Å²) < 4.78 is 6.26. The number of furan rings is 1. The maximum atomic E-state index is 6.26. The van der Waals surface area contributed by atoms with Crippen molar-refractivity contribution in [3.8, 4) is 22.3 Å². The van der Waals surface area contributed by atoms with E-state index in [0.29, 0.717) is 0 Å². The van der Waals surface area contributed by atoms with Crippen LogP contribution in [0.4, 0.5) is 17.1 Å². The molecule has 0 fully saturated rings. The molecule has 0 unspecified atom stereocenters. The minimum atomic E-state index is -2.77. The summed E-state index contributed by atoms with van der Waals surface area (Å²) in [6, 6.07) is 85.9. The molecule has 0 saturated carbocycles. The monoisotopic (exact) mass is 745 g/mol. The topological polar surface area (TPSA) is 16.4 Å². The summed E-state index contributed by atoms with van der Waals surface area (Å²) in [7, 11) is -2.77. The lowest BCUT2D eigenvalue weighted by Crippen LogP contribution is -2.74. The molecule has 0 aliphatic heterocycles. The fraction of sp³-hybridized carbons (Fsp3) is 0. The van der Waals surface area contributed by atoms with Crippen molar-refractivity contribution in [3.05, 3.63) is 237 Å². The van der Waals surface area contributed by atoms with E-state index in [2.05, 4.69) is 229 Å². The van der Waals surface area contributed by atoms with Gasteiger partial charge in [0.2, 0.25) is 0 Å². The van der Waals surface area contributed by atoms with Crippen molar-refractivity contribution in [2.75, 3.05) is 4.90 Å². The smallest absolute Gasteiger partial charge is 0.179 e. The van der Waals surface area contributed by atoms with E-state index in [0.717, 1.165) is 39.0 Å². The Bertz CT molecular complexity index is 2870. The van der Waals surface area contributed by atoms with Crippen LogP contribution in [-0.4, -0.2) is 8.07 Å². The molecule has 0 spiro atoms. The molecule has 1 heterocycles. The third-order valence-electron chi connectivity index (χ3n) is 11.2. The summed E-state index contributed by atoms with van der Waals surface area (Å²) in [5, 5.41) is 7.59. The Morgan fingerprint density at radius 1 is 0.281 bits per heavy atom. The molecule has 0 aliphatic carbocycles. The van der Waals surface area contributed by atoms with Gasteiger partial charge in [-0.3, -0.25) is 0 Å². The minimum Gasteiger partial charge on any atom is -0.456 e. The molecule has 9 aromatic carbocycles. The molecule has 0 radical (unpaired) electrons. The molecule has 0 atom stereocenters. The van der Waals surface area contributed by atoms with Crippen molar-refractivity contribution in [2.45, 2.75) is 0 Å². The lowest BCUT2D eigenvalue weighted by atomic mass is 10.0. The molecule has 10 aromatic rings. The normalized spacial score (nSPS) is 11.5. The highest BCUT2D eigenvalue weighted by Gasteiger charge is 2.41. The van der Waals surface area contributed by atoms with Crippen LogP contribution >= 0.6 is 0 Å². The summed E-state index contributed by atoms with van der Waals surface area (Å²) in [6.07, 6.45) is 0. The maximum absolute atomic E-state index is 6.26. The first-order valence-corrected chi connectivity index (χ1v) is 21.5. The molecule has 0 bridgehead atoms. The van der Waals surface area contributed by atoms with Gasteiger partial charge < -0.3 is 9.32 Å². The van der Waals surface area contributed by atoms with E-state index in [4.69, 9.17) is 4.42 Å². The molecular weight excluding hydrogens is 707 g/mol. The first kappa shape index (κ1) is 34.3. The van der Waals surface area contributed by atoms with Crippen molar-refractivity contribution in [1.29, 1.82) is 0 Å². The Hall–Kier alpha value is -7.20. The van der Waals surface area contributed by atoms with Gasteiger partial charge in [0.15, 0.2) is 8.07 Å². The highest BCUT2D eigenvalue weighted by molar-refractivity contribution is 7.19. The van der Waals surface area contributed by atoms with Crippen LogP contribution < -0.4 is 25.6 Å². The quantitative estimate of drug-likeness (QED) is 0.108. The molecule has 10 rings (SSSR count). The number of rotatable bonds is 9. The van der Waals surface area contributed by atoms with Crippen LogP contribution in [0.2, 0.25) is 0 Å². The first-order chi connectivity index (χ1) is 28.3. The Labute approximate surface area is 334 Å². The second-order valence-corrected chi connectivity index (χ2v) is 18.3. The van der Waals surface area contributed by atoms with Crippen molar-refractivity contribution in [1.82, 2.24) is 0 Å². The number of hydrogen-bond donors (Lipinski definition) is 0. The van der Waals surface area contributed by atoms with Crippen molar-refractivity contribution < 1.29 is 4.42 Å². The van der Waals surface area contributed by atoms with Gasteiger partial charge in [-0.05, 0) is 91.5 Å². The fourth-order valence-corrected chi connectivity index (χ4v) is 13.2. The number of anilines is 3. The minimum absolute atomic E-state index is 0.884. The van der Waals surface area contributed by atoms with Gasteiger partial charge in [0.05, 0.1) is 0 Å². The van der Waals surface area contributed by atoms with Crippen LogP contribution in [0.15, 0.2) is 241 Å². The Morgan fingerprint density at radius 3 is 1.19 bits per heavy atom. The van der Waals surface area contributed by atoms with E-state index in [-0.39, 0.29) is 0 Å². The second kappa shape index (κ2) is 14.8. The van der Waals surface area contributed by atoms with Gasteiger partial charge in [-0.1, -0.05) is 188 Å². The first-order valence-electron chi connectivity index (χ1n) is 19.5. The maximum Gasteiger partial charge on any atom is 0.179 e. The van der Waals surface area contributed by atoms with Crippen molar-refractivity contribution >= 4 is 67.8 Å². The molecule has 2 nitrogen and oxygen atoms in total. The van der Waals surface area contributed by atoms with Crippen molar-refractivity contribution in [3.63, 3.8) is 0 Å². The van der Waals surface area contributed by atoms with E-state index >= 15 is 0 Å². The summed E-state index contributed by atoms with van der Waals surface area (Å²) in [4.78, 5) is 2.36. The highest BCUT2D eigenvalue weighted by atomic mass is 28.3. The van der Waals surface area contributed by atoms with Gasteiger partial charge in [-0.25, -0.2) is 0 Å². The standard InChI is InChI=1S/C54H39NOSi/c1-5-15-40(16-6-1)42-25-29-44(30-26-42)55(46-33-38-54-52(39-46)51-23-13-14-24-53(51)56-54)45-31-36-50(37-32-45)57(47-19-9-3-10-20-47,48-21-11-4-12-22-48)49-34-27-43(28-35-49)41-17-7-2-8-18-41/h1-39H. The van der Waals surface area contributed by atoms with Crippen LogP contribution in [0, 0.1) is 0 Å². The summed E-state index contributed by atoms with van der Waals surface area (Å²) >= 11 is 0. The third-order valence-corrected chi connectivity index (χ3v) is 16.0. The van der Waals surface area contributed by atoms with E-state index in [1.165, 1.54) is 43.0 Å². The average Bonchev–Trinajstić information content (AvgIpc) is 3.67. The molecule has 1 aromatic heterocycles. The lowest BCUT2D eigenvalue weighted by Gasteiger charge is -2.35. The fourth-order valence-electron chi connectivity index (χ4n) is 8.51. The number of hydrogen-bond acceptors (Lipinski definition) is 2. The predicted octanol–water partition coefficient (Wildman–Crippen LogP) is 11.8. The summed E-state index contributed by atoms with van der Waals surface area (Å²) in [5.74, 6) is 0. The lowest BCUT2D eigenvalue weighted by molar-refractivity contribution is 0.669. The Balaban J connectivity index is 1.14.